The first-order valence-electron chi connectivity index (χ1n) is 5.51. The maximum atomic E-state index is 5.13. The van der Waals surface area contributed by atoms with Gasteiger partial charge in [-0.3, -0.25) is 10.2 Å². The molecule has 0 unspecified atom stereocenters. The third-order valence-corrected chi connectivity index (χ3v) is 3.82. The van der Waals surface area contributed by atoms with Gasteiger partial charge in [0.15, 0.2) is 5.82 Å². The van der Waals surface area contributed by atoms with Crippen LogP contribution in [0.2, 0.25) is 0 Å². The van der Waals surface area contributed by atoms with Crippen LogP contribution in [0.3, 0.4) is 0 Å². The molecule has 1 aromatic carbocycles. The Hall–Kier alpha value is -1.99. The summed E-state index contributed by atoms with van der Waals surface area (Å²) in [6.45, 7) is 0. The maximum Gasteiger partial charge on any atom is 0.213 e. The average molecular weight is 290 g/mol. The van der Waals surface area contributed by atoms with Crippen LogP contribution in [0, 0.1) is 4.77 Å². The van der Waals surface area contributed by atoms with E-state index in [-0.39, 0.29) is 0 Å². The lowest BCUT2D eigenvalue weighted by molar-refractivity contribution is 0.415. The second kappa shape index (κ2) is 4.94. The van der Waals surface area contributed by atoms with Crippen molar-refractivity contribution in [2.24, 2.45) is 0 Å². The first-order valence-corrected chi connectivity index (χ1v) is 6.74. The van der Waals surface area contributed by atoms with E-state index >= 15 is 0 Å². The van der Waals surface area contributed by atoms with Crippen LogP contribution in [-0.4, -0.2) is 27.3 Å². The number of ether oxygens (including phenoxy) is 1. The third-order valence-electron chi connectivity index (χ3n) is 2.58. The highest BCUT2D eigenvalue weighted by Crippen LogP contribution is 2.30. The molecule has 3 rings (SSSR count). The van der Waals surface area contributed by atoms with E-state index in [1.165, 1.54) is 0 Å². The molecule has 0 saturated carbocycles. The average Bonchev–Trinajstić information content (AvgIpc) is 3.07. The molecule has 0 amide bonds. The smallest absolute Gasteiger partial charge is 0.213 e. The van der Waals surface area contributed by atoms with Crippen LogP contribution in [0.5, 0.6) is 5.75 Å². The van der Waals surface area contributed by atoms with Gasteiger partial charge in [0.2, 0.25) is 4.77 Å². The first-order chi connectivity index (χ1) is 9.26. The fraction of sp³-hybridized carbons (Fsp3) is 0.0833. The van der Waals surface area contributed by atoms with Crippen LogP contribution in [0.15, 0.2) is 30.5 Å². The molecule has 5 nitrogen and oxygen atoms in total. The van der Waals surface area contributed by atoms with Gasteiger partial charge in [0.05, 0.1) is 12.0 Å². The molecule has 7 heteroatoms. The summed E-state index contributed by atoms with van der Waals surface area (Å²) in [6, 6.07) is 7.79. The molecule has 2 aromatic heterocycles. The van der Waals surface area contributed by atoms with Crippen molar-refractivity contribution >= 4 is 23.6 Å². The van der Waals surface area contributed by atoms with E-state index in [0.29, 0.717) is 10.6 Å². The number of hydrogen-bond acceptors (Lipinski definition) is 5. The molecule has 96 valence electrons. The number of thiazole rings is 1. The van der Waals surface area contributed by atoms with Gasteiger partial charge in [-0.1, -0.05) is 0 Å². The molecule has 0 spiro atoms. The van der Waals surface area contributed by atoms with E-state index < -0.39 is 0 Å². The van der Waals surface area contributed by atoms with Gasteiger partial charge < -0.3 is 4.74 Å². The van der Waals surface area contributed by atoms with Crippen LogP contribution in [-0.2, 0) is 0 Å². The van der Waals surface area contributed by atoms with Crippen LogP contribution in [0.1, 0.15) is 0 Å². The number of aromatic amines is 2. The van der Waals surface area contributed by atoms with Crippen molar-refractivity contribution in [3.8, 4) is 27.0 Å². The molecule has 0 radical (unpaired) electrons. The summed E-state index contributed by atoms with van der Waals surface area (Å²) >= 11 is 6.49. The minimum absolute atomic E-state index is 0.439. The molecule has 0 saturated heterocycles. The molecule has 0 bridgehead atoms. The lowest BCUT2D eigenvalue weighted by atomic mass is 10.2. The number of nitrogens with one attached hydrogen (secondary N) is 2. The second-order valence-electron chi connectivity index (χ2n) is 3.77. The Balaban J connectivity index is 1.94. The van der Waals surface area contributed by atoms with Gasteiger partial charge >= 0.3 is 0 Å². The summed E-state index contributed by atoms with van der Waals surface area (Å²) in [5.74, 6) is 1.54. The standard InChI is InChI=1S/C12H10N4OS2/c1-17-8-4-2-7(3-5-8)11-13-6-9(19-11)10-14-12(18)16-15-10/h2-6H,1H3,(H2,14,15,16,18). The summed E-state index contributed by atoms with van der Waals surface area (Å²) in [4.78, 5) is 9.51. The zero-order chi connectivity index (χ0) is 13.2. The molecule has 0 atom stereocenters. The van der Waals surface area contributed by atoms with E-state index in [0.717, 1.165) is 21.2 Å². The van der Waals surface area contributed by atoms with E-state index in [2.05, 4.69) is 20.2 Å². The van der Waals surface area contributed by atoms with Gasteiger partial charge in [0.25, 0.3) is 0 Å². The van der Waals surface area contributed by atoms with Crippen molar-refractivity contribution in [2.45, 2.75) is 0 Å². The van der Waals surface area contributed by atoms with Gasteiger partial charge in [-0.25, -0.2) is 4.98 Å². The van der Waals surface area contributed by atoms with Crippen molar-refractivity contribution < 1.29 is 4.74 Å². The van der Waals surface area contributed by atoms with Gasteiger partial charge in [0.1, 0.15) is 10.8 Å². The molecule has 0 fully saturated rings. The molecule has 0 aliphatic heterocycles. The topological polar surface area (TPSA) is 66.6 Å². The van der Waals surface area contributed by atoms with E-state index in [1.54, 1.807) is 24.6 Å². The highest BCUT2D eigenvalue weighted by Gasteiger charge is 2.08. The summed E-state index contributed by atoms with van der Waals surface area (Å²) in [6.07, 6.45) is 1.78. The fourth-order valence-electron chi connectivity index (χ4n) is 1.64. The Labute approximate surface area is 118 Å². The van der Waals surface area contributed by atoms with Crippen LogP contribution >= 0.6 is 23.6 Å². The minimum Gasteiger partial charge on any atom is -0.497 e. The lowest BCUT2D eigenvalue weighted by Crippen LogP contribution is -1.81. The van der Waals surface area contributed by atoms with Crippen molar-refractivity contribution in [3.05, 3.63) is 35.2 Å². The minimum atomic E-state index is 0.439. The van der Waals surface area contributed by atoms with Gasteiger partial charge in [-0.05, 0) is 36.5 Å². The van der Waals surface area contributed by atoms with Crippen molar-refractivity contribution in [1.82, 2.24) is 20.2 Å². The van der Waals surface area contributed by atoms with Crippen LogP contribution in [0.25, 0.3) is 21.3 Å². The zero-order valence-corrected chi connectivity index (χ0v) is 11.6. The first kappa shape index (κ1) is 12.1. The highest BCUT2D eigenvalue weighted by molar-refractivity contribution is 7.71. The Morgan fingerprint density at radius 1 is 1.21 bits per heavy atom. The summed E-state index contributed by atoms with van der Waals surface area (Å²) in [7, 11) is 1.65. The fourth-order valence-corrected chi connectivity index (χ4v) is 2.65. The highest BCUT2D eigenvalue weighted by atomic mass is 32.1. The van der Waals surface area contributed by atoms with Crippen molar-refractivity contribution in [2.75, 3.05) is 7.11 Å². The second-order valence-corrected chi connectivity index (χ2v) is 5.19. The Bertz CT molecular complexity index is 741. The molecule has 3 aromatic rings. The number of hydrogen-bond donors (Lipinski definition) is 2. The molecule has 2 heterocycles. The predicted molar refractivity (Wildman–Crippen MR) is 76.9 cm³/mol. The predicted octanol–water partition coefficient (Wildman–Crippen LogP) is 3.27. The van der Waals surface area contributed by atoms with E-state index in [1.807, 2.05) is 24.3 Å². The zero-order valence-electron chi connectivity index (χ0n) is 10.0. The molecule has 0 aliphatic carbocycles. The molecular weight excluding hydrogens is 280 g/mol. The van der Waals surface area contributed by atoms with Crippen LogP contribution in [0.4, 0.5) is 0 Å². The van der Waals surface area contributed by atoms with Crippen molar-refractivity contribution in [1.29, 1.82) is 0 Å². The lowest BCUT2D eigenvalue weighted by Gasteiger charge is -1.99. The number of benzene rings is 1. The molecule has 19 heavy (non-hydrogen) atoms. The Morgan fingerprint density at radius 2 is 2.00 bits per heavy atom. The molecular formula is C12H10N4OS2. The summed E-state index contributed by atoms with van der Waals surface area (Å²) < 4.78 is 5.57. The Morgan fingerprint density at radius 3 is 2.63 bits per heavy atom. The largest absolute Gasteiger partial charge is 0.497 e. The van der Waals surface area contributed by atoms with Crippen LogP contribution < -0.4 is 4.74 Å². The number of methoxy groups -OCH3 is 1. The van der Waals surface area contributed by atoms with E-state index in [4.69, 9.17) is 17.0 Å². The summed E-state index contributed by atoms with van der Waals surface area (Å²) in [5, 5.41) is 6.62. The molecule has 2 N–H and O–H groups in total. The number of H-pyrrole nitrogens is 2. The normalized spacial score (nSPS) is 10.6. The van der Waals surface area contributed by atoms with Gasteiger partial charge in [-0.15, -0.1) is 11.3 Å². The SMILES string of the molecule is COc1ccc(-c2ncc(-c3nc(=S)[nH][nH]3)s2)cc1. The third kappa shape index (κ3) is 2.42. The maximum absolute atomic E-state index is 5.13. The van der Waals surface area contributed by atoms with Gasteiger partial charge in [0, 0.05) is 11.8 Å². The van der Waals surface area contributed by atoms with Crippen molar-refractivity contribution in [3.63, 3.8) is 0 Å². The number of rotatable bonds is 3. The van der Waals surface area contributed by atoms with Gasteiger partial charge in [-0.2, -0.15) is 4.98 Å². The monoisotopic (exact) mass is 290 g/mol. The quantitative estimate of drug-likeness (QED) is 0.727. The number of nitrogens with zero attached hydrogens (tertiary/aromatic N) is 2. The summed E-state index contributed by atoms with van der Waals surface area (Å²) in [5.41, 5.74) is 1.05. The Kier molecular flexibility index (Phi) is 3.14. The molecule has 0 aliphatic rings. The number of aromatic nitrogens is 4. The van der Waals surface area contributed by atoms with E-state index in [9.17, 15) is 0 Å².